The lowest BCUT2D eigenvalue weighted by Gasteiger charge is -2.00. The number of ether oxygens (including phenoxy) is 1. The zero-order valence-corrected chi connectivity index (χ0v) is 8.55. The van der Waals surface area contributed by atoms with Crippen LogP contribution in [0.1, 0.15) is 16.9 Å². The number of carbonyl (C=O) groups excluding carboxylic acids is 2. The highest BCUT2D eigenvalue weighted by Gasteiger charge is 2.17. The summed E-state index contributed by atoms with van der Waals surface area (Å²) in [7, 11) is 1.14. The summed E-state index contributed by atoms with van der Waals surface area (Å²) < 4.78 is 17.4. The van der Waals surface area contributed by atoms with Crippen LogP contribution in [0.25, 0.3) is 0 Å². The molecule has 0 fully saturated rings. The Kier molecular flexibility index (Phi) is 3.74. The van der Waals surface area contributed by atoms with E-state index in [0.717, 1.165) is 19.4 Å². The molecule has 0 amide bonds. The van der Waals surface area contributed by atoms with Crippen LogP contribution in [0.15, 0.2) is 12.3 Å². The molecule has 0 atom stereocenters. The van der Waals surface area contributed by atoms with E-state index in [1.165, 1.54) is 0 Å². The summed E-state index contributed by atoms with van der Waals surface area (Å²) >= 11 is 5.45. The van der Waals surface area contributed by atoms with Crippen LogP contribution in [-0.2, 0) is 9.53 Å². The minimum Gasteiger partial charge on any atom is -0.469 e. The molecule has 0 N–H and O–H groups in total. The van der Waals surface area contributed by atoms with Gasteiger partial charge in [-0.05, 0) is 6.07 Å². The first-order valence-electron chi connectivity index (χ1n) is 3.95. The van der Waals surface area contributed by atoms with Crippen molar-refractivity contribution in [1.29, 1.82) is 0 Å². The molecule has 1 aromatic rings. The minimum absolute atomic E-state index is 0.0853. The van der Waals surface area contributed by atoms with Gasteiger partial charge in [-0.2, -0.15) is 0 Å². The van der Waals surface area contributed by atoms with E-state index in [1.807, 2.05) is 0 Å². The molecule has 80 valence electrons. The van der Waals surface area contributed by atoms with Crippen molar-refractivity contribution in [2.24, 2.45) is 0 Å². The quantitative estimate of drug-likeness (QED) is 0.451. The Morgan fingerprint density at radius 2 is 2.27 bits per heavy atom. The highest BCUT2D eigenvalue weighted by atomic mass is 35.5. The molecule has 0 saturated carbocycles. The van der Waals surface area contributed by atoms with Gasteiger partial charge in [0, 0.05) is 6.20 Å². The summed E-state index contributed by atoms with van der Waals surface area (Å²) in [5.74, 6) is -2.33. The maximum absolute atomic E-state index is 13.1. The van der Waals surface area contributed by atoms with Gasteiger partial charge in [0.1, 0.15) is 12.1 Å². The molecule has 0 aliphatic heterocycles. The van der Waals surface area contributed by atoms with Crippen LogP contribution in [0, 0.1) is 5.82 Å². The molecule has 0 aromatic carbocycles. The molecule has 4 nitrogen and oxygen atoms in total. The van der Waals surface area contributed by atoms with Crippen LogP contribution in [0.5, 0.6) is 0 Å². The largest absolute Gasteiger partial charge is 0.469 e. The Balaban J connectivity index is 2.87. The average Bonchev–Trinajstić information content (AvgIpc) is 2.17. The fourth-order valence-corrected chi connectivity index (χ4v) is 1.05. The fraction of sp³-hybridized carbons (Fsp3) is 0.222. The number of esters is 1. The molecule has 0 aliphatic carbocycles. The fourth-order valence-electron chi connectivity index (χ4n) is 0.907. The third-order valence-corrected chi connectivity index (χ3v) is 1.81. The van der Waals surface area contributed by atoms with Crippen LogP contribution >= 0.6 is 11.6 Å². The van der Waals surface area contributed by atoms with Gasteiger partial charge in [0.05, 0.1) is 12.1 Å². The van der Waals surface area contributed by atoms with Crippen molar-refractivity contribution >= 4 is 23.4 Å². The van der Waals surface area contributed by atoms with E-state index in [9.17, 15) is 14.0 Å². The van der Waals surface area contributed by atoms with Crippen molar-refractivity contribution in [3.63, 3.8) is 0 Å². The number of pyridine rings is 1. The molecule has 1 aromatic heterocycles. The minimum atomic E-state index is -0.851. The number of hydrogen-bond donors (Lipinski definition) is 0. The standard InChI is InChI=1S/C9H7ClFNO3/c1-15-8(14)3-7(13)9-6(11)2-5(10)4-12-9/h2,4H,3H2,1H3. The normalized spacial score (nSPS) is 9.80. The molecule has 0 radical (unpaired) electrons. The second kappa shape index (κ2) is 4.84. The van der Waals surface area contributed by atoms with E-state index in [1.54, 1.807) is 0 Å². The average molecular weight is 232 g/mol. The second-order valence-electron chi connectivity index (χ2n) is 2.66. The lowest BCUT2D eigenvalue weighted by atomic mass is 10.2. The van der Waals surface area contributed by atoms with Crippen molar-refractivity contribution in [2.75, 3.05) is 7.11 Å². The van der Waals surface area contributed by atoms with Gasteiger partial charge in [0.2, 0.25) is 0 Å². The number of hydrogen-bond acceptors (Lipinski definition) is 4. The smallest absolute Gasteiger partial charge is 0.313 e. The van der Waals surface area contributed by atoms with E-state index in [2.05, 4.69) is 9.72 Å². The van der Waals surface area contributed by atoms with Crippen LogP contribution in [0.3, 0.4) is 0 Å². The number of halogens is 2. The molecular formula is C9H7ClFNO3. The summed E-state index contributed by atoms with van der Waals surface area (Å²) in [6.45, 7) is 0. The van der Waals surface area contributed by atoms with Gasteiger partial charge in [-0.3, -0.25) is 9.59 Å². The summed E-state index contributed by atoms with van der Waals surface area (Å²) in [5, 5.41) is 0.0853. The molecule has 0 aliphatic rings. The predicted octanol–water partition coefficient (Wildman–Crippen LogP) is 1.62. The molecule has 1 rings (SSSR count). The summed E-state index contributed by atoms with van der Waals surface area (Å²) in [6, 6.07) is 0.957. The summed E-state index contributed by atoms with van der Waals surface area (Å²) in [5.41, 5.74) is -0.412. The highest BCUT2D eigenvalue weighted by molar-refractivity contribution is 6.30. The lowest BCUT2D eigenvalue weighted by molar-refractivity contribution is -0.139. The SMILES string of the molecule is COC(=O)CC(=O)c1ncc(Cl)cc1F. The molecule has 0 bridgehead atoms. The van der Waals surface area contributed by atoms with E-state index >= 15 is 0 Å². The first-order chi connectivity index (χ1) is 7.04. The third kappa shape index (κ3) is 2.99. The number of rotatable bonds is 3. The monoisotopic (exact) mass is 231 g/mol. The van der Waals surface area contributed by atoms with Crippen molar-refractivity contribution in [2.45, 2.75) is 6.42 Å². The maximum Gasteiger partial charge on any atom is 0.313 e. The molecule has 6 heteroatoms. The summed E-state index contributed by atoms with van der Waals surface area (Å²) in [6.07, 6.45) is 0.594. The van der Waals surface area contributed by atoms with Gasteiger partial charge in [0.25, 0.3) is 0 Å². The lowest BCUT2D eigenvalue weighted by Crippen LogP contribution is -2.12. The van der Waals surface area contributed by atoms with Crippen LogP contribution in [0.4, 0.5) is 4.39 Å². The molecule has 1 heterocycles. The molecule has 0 saturated heterocycles. The van der Waals surface area contributed by atoms with Crippen LogP contribution in [0.2, 0.25) is 5.02 Å². The van der Waals surface area contributed by atoms with Gasteiger partial charge in [-0.1, -0.05) is 11.6 Å². The van der Waals surface area contributed by atoms with Gasteiger partial charge >= 0.3 is 5.97 Å². The number of Topliss-reactive ketones (excluding diaryl/α,β-unsaturated/α-hetero) is 1. The Morgan fingerprint density at radius 3 is 2.80 bits per heavy atom. The zero-order chi connectivity index (χ0) is 11.4. The van der Waals surface area contributed by atoms with E-state index < -0.39 is 29.7 Å². The number of methoxy groups -OCH3 is 1. The highest BCUT2D eigenvalue weighted by Crippen LogP contribution is 2.13. The number of aromatic nitrogens is 1. The topological polar surface area (TPSA) is 56.3 Å². The Labute approximate surface area is 90.0 Å². The van der Waals surface area contributed by atoms with Crippen molar-refractivity contribution in [3.05, 3.63) is 28.8 Å². The zero-order valence-electron chi connectivity index (χ0n) is 7.79. The Morgan fingerprint density at radius 1 is 1.60 bits per heavy atom. The second-order valence-corrected chi connectivity index (χ2v) is 3.10. The van der Waals surface area contributed by atoms with E-state index in [0.29, 0.717) is 0 Å². The number of carbonyl (C=O) groups is 2. The first kappa shape index (κ1) is 11.6. The van der Waals surface area contributed by atoms with Gasteiger partial charge in [0.15, 0.2) is 11.6 Å². The van der Waals surface area contributed by atoms with Gasteiger partial charge in [-0.15, -0.1) is 0 Å². The number of ketones is 1. The maximum atomic E-state index is 13.1. The van der Waals surface area contributed by atoms with Crippen molar-refractivity contribution in [3.8, 4) is 0 Å². The molecular weight excluding hydrogens is 225 g/mol. The third-order valence-electron chi connectivity index (χ3n) is 1.60. The van der Waals surface area contributed by atoms with Gasteiger partial charge < -0.3 is 4.74 Å². The molecule has 15 heavy (non-hydrogen) atoms. The Hall–Kier alpha value is -1.49. The Bertz CT molecular complexity index is 408. The number of nitrogens with zero attached hydrogens (tertiary/aromatic N) is 1. The van der Waals surface area contributed by atoms with Crippen LogP contribution in [-0.4, -0.2) is 23.8 Å². The van der Waals surface area contributed by atoms with E-state index in [4.69, 9.17) is 11.6 Å². The van der Waals surface area contributed by atoms with Gasteiger partial charge in [-0.25, -0.2) is 9.37 Å². The van der Waals surface area contributed by atoms with Crippen molar-refractivity contribution in [1.82, 2.24) is 4.98 Å². The summed E-state index contributed by atoms with van der Waals surface area (Å²) in [4.78, 5) is 25.6. The predicted molar refractivity (Wildman–Crippen MR) is 50.2 cm³/mol. The first-order valence-corrected chi connectivity index (χ1v) is 4.33. The molecule has 0 spiro atoms. The van der Waals surface area contributed by atoms with E-state index in [-0.39, 0.29) is 5.02 Å². The van der Waals surface area contributed by atoms with Crippen molar-refractivity contribution < 1.29 is 18.7 Å². The molecule has 0 unspecified atom stereocenters. The van der Waals surface area contributed by atoms with Crippen LogP contribution < -0.4 is 0 Å².